The minimum absolute atomic E-state index is 0.107. The molecule has 0 radical (unpaired) electrons. The van der Waals surface area contributed by atoms with E-state index in [1.54, 1.807) is 4.90 Å². The maximum Gasteiger partial charge on any atom is 0.255 e. The van der Waals surface area contributed by atoms with Gasteiger partial charge in [-0.15, -0.1) is 0 Å². The minimum atomic E-state index is -0.570. The molecule has 4 aliphatic rings. The maximum atomic E-state index is 13.3. The van der Waals surface area contributed by atoms with E-state index in [4.69, 9.17) is 0 Å². The van der Waals surface area contributed by atoms with Crippen LogP contribution in [0.15, 0.2) is 18.2 Å². The first-order valence-electron chi connectivity index (χ1n) is 15.8. The Morgan fingerprint density at radius 2 is 1.75 bits per heavy atom. The average Bonchev–Trinajstić information content (AvgIpc) is 3.26. The maximum absolute atomic E-state index is 13.3. The monoisotopic (exact) mass is 549 g/mol. The van der Waals surface area contributed by atoms with Crippen LogP contribution in [0.1, 0.15) is 119 Å². The van der Waals surface area contributed by atoms with Gasteiger partial charge >= 0.3 is 0 Å². The topological polar surface area (TPSA) is 95.6 Å². The summed E-state index contributed by atoms with van der Waals surface area (Å²) in [5.41, 5.74) is 2.77. The molecule has 3 atom stereocenters. The van der Waals surface area contributed by atoms with E-state index in [2.05, 4.69) is 30.5 Å². The summed E-state index contributed by atoms with van der Waals surface area (Å²) in [5, 5.41) is 5.68. The van der Waals surface area contributed by atoms with Crippen molar-refractivity contribution in [2.45, 2.75) is 116 Å². The van der Waals surface area contributed by atoms with Gasteiger partial charge in [0.2, 0.25) is 17.7 Å². The highest BCUT2D eigenvalue weighted by molar-refractivity contribution is 6.05. The lowest BCUT2D eigenvalue weighted by molar-refractivity contribution is -0.138. The van der Waals surface area contributed by atoms with Gasteiger partial charge in [-0.3, -0.25) is 24.5 Å². The zero-order valence-electron chi connectivity index (χ0n) is 24.4. The SMILES string of the molecule is CCC1(C(=O)NCCCCCCCc2cccc3c2CN(C2CCC(=O)NC2=O)C3=O)CC2CC(C)CC(C2)C1. The van der Waals surface area contributed by atoms with Crippen LogP contribution < -0.4 is 10.6 Å². The predicted octanol–water partition coefficient (Wildman–Crippen LogP) is 5.30. The van der Waals surface area contributed by atoms with Gasteiger partial charge in [-0.25, -0.2) is 0 Å². The van der Waals surface area contributed by atoms with Crippen molar-refractivity contribution in [1.82, 2.24) is 15.5 Å². The van der Waals surface area contributed by atoms with Gasteiger partial charge in [0, 0.05) is 30.5 Å². The third-order valence-electron chi connectivity index (χ3n) is 10.2. The Kier molecular flexibility index (Phi) is 8.96. The number of rotatable bonds is 11. The number of piperidine rings is 1. The second kappa shape index (κ2) is 12.4. The van der Waals surface area contributed by atoms with Crippen molar-refractivity contribution in [3.63, 3.8) is 0 Å². The normalized spacial score (nSPS) is 29.8. The molecule has 5 rings (SSSR count). The van der Waals surface area contributed by atoms with Crippen molar-refractivity contribution >= 4 is 23.6 Å². The molecule has 7 heteroatoms. The fourth-order valence-corrected chi connectivity index (χ4v) is 8.30. The summed E-state index contributed by atoms with van der Waals surface area (Å²) in [5.74, 6) is 1.85. The number of nitrogens with zero attached hydrogens (tertiary/aromatic N) is 1. The number of carbonyl (C=O) groups is 4. The van der Waals surface area contributed by atoms with E-state index in [0.29, 0.717) is 24.4 Å². The number of imide groups is 1. The molecule has 2 saturated carbocycles. The highest BCUT2D eigenvalue weighted by Gasteiger charge is 2.47. The summed E-state index contributed by atoms with van der Waals surface area (Å²) in [6.07, 6.45) is 14.0. The Hall–Kier alpha value is -2.70. The first-order chi connectivity index (χ1) is 19.3. The van der Waals surface area contributed by atoms with Gasteiger partial charge in [-0.1, -0.05) is 45.2 Å². The molecule has 218 valence electrons. The Bertz CT molecular complexity index is 1110. The molecule has 0 spiro atoms. The first-order valence-corrected chi connectivity index (χ1v) is 15.8. The molecule has 3 unspecified atom stereocenters. The van der Waals surface area contributed by atoms with Crippen LogP contribution in [0.4, 0.5) is 0 Å². The molecular weight excluding hydrogens is 502 g/mol. The summed E-state index contributed by atoms with van der Waals surface area (Å²) in [7, 11) is 0. The molecular formula is C33H47N3O4. The molecule has 2 heterocycles. The second-order valence-corrected chi connectivity index (χ2v) is 13.2. The molecule has 40 heavy (non-hydrogen) atoms. The zero-order chi connectivity index (χ0) is 28.3. The van der Waals surface area contributed by atoms with Crippen molar-refractivity contribution in [2.24, 2.45) is 23.2 Å². The minimum Gasteiger partial charge on any atom is -0.356 e. The van der Waals surface area contributed by atoms with E-state index in [0.717, 1.165) is 87.6 Å². The molecule has 2 N–H and O–H groups in total. The molecule has 4 amide bonds. The van der Waals surface area contributed by atoms with E-state index in [1.807, 2.05) is 12.1 Å². The highest BCUT2D eigenvalue weighted by Crippen LogP contribution is 2.51. The van der Waals surface area contributed by atoms with E-state index >= 15 is 0 Å². The number of nitrogens with one attached hydrogen (secondary N) is 2. The standard InChI is InChI=1S/C33H47N3O4/c1-3-33(19-23-16-22(2)17-24(18-23)20-33)32(40)34-15-8-6-4-5-7-10-25-11-9-12-26-27(25)21-36(31(26)39)28-13-14-29(37)35-30(28)38/h9,11-12,22-24,28H,3-8,10,13-21H2,1-2H3,(H,34,40)(H,35,37,38). The van der Waals surface area contributed by atoms with E-state index in [9.17, 15) is 19.2 Å². The lowest BCUT2D eigenvalue weighted by Gasteiger charge is -2.47. The summed E-state index contributed by atoms with van der Waals surface area (Å²) >= 11 is 0. The van der Waals surface area contributed by atoms with E-state index in [1.165, 1.54) is 24.8 Å². The van der Waals surface area contributed by atoms with Crippen molar-refractivity contribution < 1.29 is 19.2 Å². The van der Waals surface area contributed by atoms with Crippen molar-refractivity contribution in [3.05, 3.63) is 34.9 Å². The number of aryl methyl sites for hydroxylation is 1. The molecule has 1 aromatic carbocycles. The van der Waals surface area contributed by atoms with Crippen LogP contribution in [0.2, 0.25) is 0 Å². The highest BCUT2D eigenvalue weighted by atomic mass is 16.2. The fraction of sp³-hybridized carbons (Fsp3) is 0.697. The summed E-state index contributed by atoms with van der Waals surface area (Å²) in [6.45, 7) is 5.80. The van der Waals surface area contributed by atoms with Crippen molar-refractivity contribution in [2.75, 3.05) is 6.54 Å². The quantitative estimate of drug-likeness (QED) is 0.289. The van der Waals surface area contributed by atoms with Crippen LogP contribution in [0.3, 0.4) is 0 Å². The van der Waals surface area contributed by atoms with Crippen LogP contribution in [0.5, 0.6) is 0 Å². The van der Waals surface area contributed by atoms with Gasteiger partial charge in [-0.05, 0) is 99.2 Å². The number of unbranched alkanes of at least 4 members (excludes halogenated alkanes) is 4. The molecule has 1 aromatic rings. The van der Waals surface area contributed by atoms with Crippen LogP contribution in [-0.2, 0) is 27.3 Å². The molecule has 1 saturated heterocycles. The van der Waals surface area contributed by atoms with Crippen molar-refractivity contribution in [1.29, 1.82) is 0 Å². The van der Waals surface area contributed by atoms with Crippen molar-refractivity contribution in [3.8, 4) is 0 Å². The molecule has 2 aliphatic heterocycles. The Labute approximate surface area is 239 Å². The molecule has 2 aliphatic carbocycles. The number of hydrogen-bond donors (Lipinski definition) is 2. The van der Waals surface area contributed by atoms with E-state index < -0.39 is 6.04 Å². The number of fused-ring (bicyclic) bond motifs is 3. The van der Waals surface area contributed by atoms with Gasteiger partial charge in [0.15, 0.2) is 0 Å². The summed E-state index contributed by atoms with van der Waals surface area (Å²) < 4.78 is 0. The molecule has 3 fully saturated rings. The lowest BCUT2D eigenvalue weighted by Crippen LogP contribution is -2.52. The van der Waals surface area contributed by atoms with Gasteiger partial charge < -0.3 is 10.2 Å². The summed E-state index contributed by atoms with van der Waals surface area (Å²) in [4.78, 5) is 51.8. The Morgan fingerprint density at radius 3 is 2.48 bits per heavy atom. The van der Waals surface area contributed by atoms with Crippen LogP contribution >= 0.6 is 0 Å². The third-order valence-corrected chi connectivity index (χ3v) is 10.2. The number of hydrogen-bond acceptors (Lipinski definition) is 4. The zero-order valence-corrected chi connectivity index (χ0v) is 24.4. The van der Waals surface area contributed by atoms with Gasteiger partial charge in [0.1, 0.15) is 6.04 Å². The lowest BCUT2D eigenvalue weighted by atomic mass is 9.57. The second-order valence-electron chi connectivity index (χ2n) is 13.2. The van der Waals surface area contributed by atoms with E-state index in [-0.39, 0.29) is 29.6 Å². The Balaban J connectivity index is 1.02. The smallest absolute Gasteiger partial charge is 0.255 e. The molecule has 7 nitrogen and oxygen atoms in total. The predicted molar refractivity (Wildman–Crippen MR) is 154 cm³/mol. The molecule has 0 aromatic heterocycles. The number of amides is 4. The average molecular weight is 550 g/mol. The molecule has 2 bridgehead atoms. The van der Waals surface area contributed by atoms with Gasteiger partial charge in [0.05, 0.1) is 0 Å². The number of carbonyl (C=O) groups excluding carboxylic acids is 4. The fourth-order valence-electron chi connectivity index (χ4n) is 8.30. The Morgan fingerprint density at radius 1 is 1.02 bits per heavy atom. The van der Waals surface area contributed by atoms with Gasteiger partial charge in [0.25, 0.3) is 5.91 Å². The summed E-state index contributed by atoms with van der Waals surface area (Å²) in [6, 6.07) is 5.31. The number of benzene rings is 1. The van der Waals surface area contributed by atoms with Crippen LogP contribution in [-0.4, -0.2) is 41.1 Å². The van der Waals surface area contributed by atoms with Crippen LogP contribution in [0.25, 0.3) is 0 Å². The third kappa shape index (κ3) is 6.13. The first kappa shape index (κ1) is 28.8. The largest absolute Gasteiger partial charge is 0.356 e. The van der Waals surface area contributed by atoms with Crippen LogP contribution in [0, 0.1) is 23.2 Å². The van der Waals surface area contributed by atoms with Gasteiger partial charge in [-0.2, -0.15) is 0 Å².